The molecule has 0 N–H and O–H groups in total. The van der Waals surface area contributed by atoms with Gasteiger partial charge in [-0.2, -0.15) is 0 Å². The predicted octanol–water partition coefficient (Wildman–Crippen LogP) is 0.467. The highest BCUT2D eigenvalue weighted by Gasteiger charge is 2.20. The van der Waals surface area contributed by atoms with Crippen LogP contribution >= 0.6 is 0 Å². The zero-order valence-electron chi connectivity index (χ0n) is 9.14. The lowest BCUT2D eigenvalue weighted by Gasteiger charge is -1.94. The molecule has 2 radical (unpaired) electrons. The van der Waals surface area contributed by atoms with Crippen molar-refractivity contribution in [1.29, 1.82) is 0 Å². The molecule has 0 unspecified atom stereocenters. The maximum Gasteiger partial charge on any atom is 1.00 e. The Labute approximate surface area is 120 Å². The van der Waals surface area contributed by atoms with E-state index in [4.69, 9.17) is 0 Å². The standard InChI is InChI=1S/2C5H5N.BF4.I/c2*1-2-4-6-5-3-1;2-1(3,4)5;/h2*1-5H;;/q;;-1;+1. The van der Waals surface area contributed by atoms with E-state index in [1.54, 1.807) is 24.8 Å². The van der Waals surface area contributed by atoms with Gasteiger partial charge in [0.15, 0.2) is 0 Å². The fourth-order valence-corrected chi connectivity index (χ4v) is 0.625. The van der Waals surface area contributed by atoms with Gasteiger partial charge in [0.1, 0.15) is 0 Å². The van der Waals surface area contributed by atoms with E-state index in [1.165, 1.54) is 0 Å². The third-order valence-corrected chi connectivity index (χ3v) is 1.13. The predicted molar refractivity (Wildman–Crippen MR) is 58.7 cm³/mol. The maximum atomic E-state index is 9.75. The molecule has 2 rings (SSSR count). The molecule has 98 valence electrons. The van der Waals surface area contributed by atoms with E-state index in [2.05, 4.69) is 9.97 Å². The Bertz CT molecular complexity index is 270. The fraction of sp³-hybridized carbons (Fsp3) is 0. The van der Waals surface area contributed by atoms with Gasteiger partial charge in [-0.1, -0.05) is 12.1 Å². The molecule has 0 bridgehead atoms. The SMILES string of the molecule is F[B-](F)(F)F.[I+].c1ccncc1.c1ccncc1. The molecule has 8 heteroatoms. The first-order chi connectivity index (χ1) is 8.00. The lowest BCUT2D eigenvalue weighted by molar-refractivity contribution is -0.00000926. The van der Waals surface area contributed by atoms with Crippen molar-refractivity contribution in [1.82, 2.24) is 9.97 Å². The van der Waals surface area contributed by atoms with Crippen LogP contribution in [0.1, 0.15) is 0 Å². The molecule has 0 saturated heterocycles. The van der Waals surface area contributed by atoms with Crippen molar-refractivity contribution >= 4 is 7.25 Å². The van der Waals surface area contributed by atoms with Gasteiger partial charge in [0.25, 0.3) is 0 Å². The summed E-state index contributed by atoms with van der Waals surface area (Å²) in [4.78, 5) is 7.57. The average molecular weight is 372 g/mol. The summed E-state index contributed by atoms with van der Waals surface area (Å²) in [7, 11) is -6.00. The zero-order chi connectivity index (χ0) is 13.0. The smallest absolute Gasteiger partial charge is 0.418 e. The number of rotatable bonds is 0. The summed E-state index contributed by atoms with van der Waals surface area (Å²) in [5, 5.41) is 0. The van der Waals surface area contributed by atoms with Crippen LogP contribution < -0.4 is 24.0 Å². The highest BCUT2D eigenvalue weighted by Crippen LogP contribution is 2.06. The van der Waals surface area contributed by atoms with Gasteiger partial charge in [0.05, 0.1) is 0 Å². The van der Waals surface area contributed by atoms with Gasteiger partial charge in [-0.15, -0.1) is 0 Å². The van der Waals surface area contributed by atoms with Crippen molar-refractivity contribution in [2.45, 2.75) is 0 Å². The summed E-state index contributed by atoms with van der Waals surface area (Å²) in [5.41, 5.74) is 0. The van der Waals surface area contributed by atoms with Gasteiger partial charge in [0, 0.05) is 24.8 Å². The van der Waals surface area contributed by atoms with Crippen molar-refractivity contribution in [3.8, 4) is 0 Å². The van der Waals surface area contributed by atoms with E-state index in [-0.39, 0.29) is 24.0 Å². The first kappa shape index (κ1) is 19.2. The minimum Gasteiger partial charge on any atom is -0.418 e. The molecule has 0 atom stereocenters. The molecule has 0 aliphatic heterocycles. The second-order valence-electron chi connectivity index (χ2n) is 2.54. The Morgan fingerprint density at radius 2 is 0.778 bits per heavy atom. The molecule has 0 aromatic carbocycles. The highest BCUT2D eigenvalue weighted by atomic mass is 127. The number of nitrogens with zero attached hydrogens (tertiary/aromatic N) is 2. The first-order valence-corrected chi connectivity index (χ1v) is 4.57. The number of hydrogen-bond acceptors (Lipinski definition) is 2. The minimum atomic E-state index is -6.00. The molecule has 0 aliphatic rings. The molecule has 0 spiro atoms. The fourth-order valence-electron chi connectivity index (χ4n) is 0.625. The average Bonchev–Trinajstić information content (AvgIpc) is 2.32. The molecule has 0 fully saturated rings. The second kappa shape index (κ2) is 12.3. The summed E-state index contributed by atoms with van der Waals surface area (Å²) >= 11 is 0. The Morgan fingerprint density at radius 3 is 0.833 bits per heavy atom. The van der Waals surface area contributed by atoms with E-state index in [9.17, 15) is 17.3 Å². The first-order valence-electron chi connectivity index (χ1n) is 4.57. The molecule has 0 amide bonds. The molecule has 2 heterocycles. The highest BCUT2D eigenvalue weighted by molar-refractivity contribution is 6.50. The quantitative estimate of drug-likeness (QED) is 0.382. The van der Waals surface area contributed by atoms with Crippen LogP contribution in [0.25, 0.3) is 0 Å². The molecule has 2 aromatic rings. The Hall–Kier alpha value is -1.19. The number of aromatic nitrogens is 2. The van der Waals surface area contributed by atoms with Gasteiger partial charge in [-0.25, -0.2) is 0 Å². The molecular weight excluding hydrogens is 362 g/mol. The Balaban J connectivity index is 0. The maximum absolute atomic E-state index is 9.75. The number of halogens is 5. The van der Waals surface area contributed by atoms with Crippen molar-refractivity contribution in [3.05, 3.63) is 61.2 Å². The summed E-state index contributed by atoms with van der Waals surface area (Å²) in [6.45, 7) is 0. The molecule has 0 aliphatic carbocycles. The lowest BCUT2D eigenvalue weighted by atomic mass is 10.3. The molecular formula is C10H10BF4IN2. The van der Waals surface area contributed by atoms with Crippen molar-refractivity contribution in [2.24, 2.45) is 0 Å². The van der Waals surface area contributed by atoms with Crippen LogP contribution in [0.4, 0.5) is 17.3 Å². The van der Waals surface area contributed by atoms with E-state index in [1.807, 2.05) is 36.4 Å². The molecule has 0 saturated carbocycles. The van der Waals surface area contributed by atoms with Gasteiger partial charge in [0.2, 0.25) is 0 Å². The number of pyridine rings is 2. The molecule has 18 heavy (non-hydrogen) atoms. The third kappa shape index (κ3) is 24.2. The summed E-state index contributed by atoms with van der Waals surface area (Å²) in [6.07, 6.45) is 7.00. The van der Waals surface area contributed by atoms with Crippen LogP contribution in [0.2, 0.25) is 0 Å². The minimum absolute atomic E-state index is 0. The summed E-state index contributed by atoms with van der Waals surface area (Å²) in [5.74, 6) is 0. The topological polar surface area (TPSA) is 25.8 Å². The van der Waals surface area contributed by atoms with Crippen LogP contribution in [-0.2, 0) is 0 Å². The van der Waals surface area contributed by atoms with Crippen molar-refractivity contribution in [3.63, 3.8) is 0 Å². The van der Waals surface area contributed by atoms with E-state index < -0.39 is 7.25 Å². The largest absolute Gasteiger partial charge is 1.00 e. The summed E-state index contributed by atoms with van der Waals surface area (Å²) in [6, 6.07) is 11.4. The molecule has 2 aromatic heterocycles. The van der Waals surface area contributed by atoms with Crippen LogP contribution in [0.5, 0.6) is 0 Å². The van der Waals surface area contributed by atoms with E-state index >= 15 is 0 Å². The van der Waals surface area contributed by atoms with E-state index in [0.29, 0.717) is 0 Å². The monoisotopic (exact) mass is 372 g/mol. The Kier molecular flexibility index (Phi) is 13.1. The van der Waals surface area contributed by atoms with Crippen LogP contribution in [0.15, 0.2) is 61.2 Å². The third-order valence-electron chi connectivity index (χ3n) is 1.13. The van der Waals surface area contributed by atoms with Crippen molar-refractivity contribution in [2.75, 3.05) is 0 Å². The zero-order valence-corrected chi connectivity index (χ0v) is 11.3. The van der Waals surface area contributed by atoms with Crippen LogP contribution in [-0.4, -0.2) is 17.2 Å². The second-order valence-corrected chi connectivity index (χ2v) is 2.54. The van der Waals surface area contributed by atoms with Gasteiger partial charge in [-0.3, -0.25) is 9.97 Å². The van der Waals surface area contributed by atoms with Crippen LogP contribution in [0.3, 0.4) is 0 Å². The Morgan fingerprint density at radius 1 is 0.556 bits per heavy atom. The van der Waals surface area contributed by atoms with E-state index in [0.717, 1.165) is 0 Å². The lowest BCUT2D eigenvalue weighted by Crippen LogP contribution is -3.00. The molecule has 2 nitrogen and oxygen atoms in total. The van der Waals surface area contributed by atoms with Gasteiger partial charge < -0.3 is 17.3 Å². The van der Waals surface area contributed by atoms with Crippen molar-refractivity contribution < 1.29 is 41.2 Å². The van der Waals surface area contributed by atoms with Crippen LogP contribution in [0, 0.1) is 0 Å². The normalized spacial score (nSPS) is 8.67. The summed E-state index contributed by atoms with van der Waals surface area (Å²) < 4.78 is 39.0. The van der Waals surface area contributed by atoms with Gasteiger partial charge >= 0.3 is 31.2 Å². The number of hydrogen-bond donors (Lipinski definition) is 0. The van der Waals surface area contributed by atoms with Gasteiger partial charge in [-0.05, 0) is 24.3 Å².